The summed E-state index contributed by atoms with van der Waals surface area (Å²) in [7, 11) is 3.48. The van der Waals surface area contributed by atoms with Gasteiger partial charge in [-0.1, -0.05) is 24.3 Å². The lowest BCUT2D eigenvalue weighted by Gasteiger charge is -2.12. The van der Waals surface area contributed by atoms with Gasteiger partial charge in [0.15, 0.2) is 18.1 Å². The standard InChI is InChI=1S/C26H26N4O3/c1-18-7-8-23(24(13-18)32-3)33-17-25(31)28-15-19-5-4-6-21(14-19)26-22(16-30(2)29-26)20-9-11-27-12-10-20/h4-14,16H,15,17H2,1-3H3,(H,28,31). The van der Waals surface area contributed by atoms with Crippen LogP contribution in [0, 0.1) is 6.92 Å². The summed E-state index contributed by atoms with van der Waals surface area (Å²) in [6, 6.07) is 17.5. The smallest absolute Gasteiger partial charge is 0.258 e. The largest absolute Gasteiger partial charge is 0.493 e. The molecule has 2 aromatic heterocycles. The van der Waals surface area contributed by atoms with E-state index in [0.29, 0.717) is 18.0 Å². The number of ether oxygens (including phenoxy) is 2. The van der Waals surface area contributed by atoms with Gasteiger partial charge >= 0.3 is 0 Å². The lowest BCUT2D eigenvalue weighted by Crippen LogP contribution is -2.28. The summed E-state index contributed by atoms with van der Waals surface area (Å²) < 4.78 is 12.8. The number of aryl methyl sites for hydroxylation is 2. The highest BCUT2D eigenvalue weighted by Gasteiger charge is 2.13. The van der Waals surface area contributed by atoms with Crippen molar-refractivity contribution >= 4 is 5.91 Å². The number of hydrogen-bond acceptors (Lipinski definition) is 5. The van der Waals surface area contributed by atoms with E-state index in [1.54, 1.807) is 30.3 Å². The highest BCUT2D eigenvalue weighted by Crippen LogP contribution is 2.31. The Morgan fingerprint density at radius 3 is 2.64 bits per heavy atom. The van der Waals surface area contributed by atoms with Crippen LogP contribution < -0.4 is 14.8 Å². The molecule has 7 nitrogen and oxygen atoms in total. The Morgan fingerprint density at radius 1 is 1.03 bits per heavy atom. The van der Waals surface area contributed by atoms with Gasteiger partial charge in [-0.25, -0.2) is 0 Å². The van der Waals surface area contributed by atoms with Gasteiger partial charge in [-0.3, -0.25) is 14.5 Å². The van der Waals surface area contributed by atoms with E-state index in [-0.39, 0.29) is 12.5 Å². The normalized spacial score (nSPS) is 10.6. The third-order valence-corrected chi connectivity index (χ3v) is 5.19. The number of nitrogens with zero attached hydrogens (tertiary/aromatic N) is 3. The van der Waals surface area contributed by atoms with Crippen molar-refractivity contribution in [1.29, 1.82) is 0 Å². The Kier molecular flexibility index (Phi) is 6.69. The van der Waals surface area contributed by atoms with Crippen LogP contribution in [-0.4, -0.2) is 34.4 Å². The molecule has 0 saturated heterocycles. The second-order valence-electron chi connectivity index (χ2n) is 7.72. The summed E-state index contributed by atoms with van der Waals surface area (Å²) in [5.41, 5.74) is 5.97. The number of carbonyl (C=O) groups is 1. The number of aromatic nitrogens is 3. The molecule has 0 fully saturated rings. The van der Waals surface area contributed by atoms with E-state index in [1.807, 2.05) is 68.7 Å². The van der Waals surface area contributed by atoms with E-state index < -0.39 is 0 Å². The first-order valence-corrected chi connectivity index (χ1v) is 10.6. The van der Waals surface area contributed by atoms with Gasteiger partial charge in [0.1, 0.15) is 5.69 Å². The van der Waals surface area contributed by atoms with E-state index in [1.165, 1.54) is 0 Å². The zero-order valence-electron chi connectivity index (χ0n) is 18.9. The highest BCUT2D eigenvalue weighted by atomic mass is 16.5. The molecule has 2 aromatic carbocycles. The highest BCUT2D eigenvalue weighted by molar-refractivity contribution is 5.80. The van der Waals surface area contributed by atoms with Crippen LogP contribution in [0.2, 0.25) is 0 Å². The van der Waals surface area contributed by atoms with Gasteiger partial charge in [-0.15, -0.1) is 0 Å². The van der Waals surface area contributed by atoms with E-state index >= 15 is 0 Å². The van der Waals surface area contributed by atoms with Crippen molar-refractivity contribution in [3.8, 4) is 33.9 Å². The summed E-state index contributed by atoms with van der Waals surface area (Å²) in [6.07, 6.45) is 5.54. The molecular formula is C26H26N4O3. The number of hydrogen-bond donors (Lipinski definition) is 1. The van der Waals surface area contributed by atoms with Crippen LogP contribution in [0.15, 0.2) is 73.2 Å². The molecule has 168 valence electrons. The first-order chi connectivity index (χ1) is 16.0. The Labute approximate surface area is 193 Å². The van der Waals surface area contributed by atoms with Gasteiger partial charge < -0.3 is 14.8 Å². The first kappa shape index (κ1) is 22.1. The van der Waals surface area contributed by atoms with Crippen molar-refractivity contribution in [3.05, 3.63) is 84.3 Å². The molecule has 0 aliphatic rings. The van der Waals surface area contributed by atoms with Crippen LogP contribution in [0.1, 0.15) is 11.1 Å². The van der Waals surface area contributed by atoms with Crippen molar-refractivity contribution in [1.82, 2.24) is 20.1 Å². The second-order valence-corrected chi connectivity index (χ2v) is 7.72. The van der Waals surface area contributed by atoms with Crippen molar-refractivity contribution in [2.45, 2.75) is 13.5 Å². The molecule has 0 radical (unpaired) electrons. The zero-order chi connectivity index (χ0) is 23.2. The zero-order valence-corrected chi connectivity index (χ0v) is 18.9. The summed E-state index contributed by atoms with van der Waals surface area (Å²) in [4.78, 5) is 16.5. The van der Waals surface area contributed by atoms with Crippen LogP contribution in [-0.2, 0) is 18.4 Å². The molecule has 7 heteroatoms. The molecule has 4 aromatic rings. The molecule has 0 atom stereocenters. The number of nitrogens with one attached hydrogen (secondary N) is 1. The third-order valence-electron chi connectivity index (χ3n) is 5.19. The van der Waals surface area contributed by atoms with Gasteiger partial charge in [0.2, 0.25) is 0 Å². The van der Waals surface area contributed by atoms with Crippen LogP contribution in [0.3, 0.4) is 0 Å². The topological polar surface area (TPSA) is 78.3 Å². The fraction of sp³-hybridized carbons (Fsp3) is 0.192. The van der Waals surface area contributed by atoms with E-state index in [9.17, 15) is 4.79 Å². The molecule has 0 aliphatic heterocycles. The molecule has 4 rings (SSSR count). The fourth-order valence-corrected chi connectivity index (χ4v) is 3.56. The number of rotatable bonds is 8. The average molecular weight is 443 g/mol. The maximum atomic E-state index is 12.4. The van der Waals surface area contributed by atoms with E-state index in [2.05, 4.69) is 15.4 Å². The van der Waals surface area contributed by atoms with Crippen molar-refractivity contribution in [3.63, 3.8) is 0 Å². The van der Waals surface area contributed by atoms with Crippen molar-refractivity contribution in [2.24, 2.45) is 7.05 Å². The Morgan fingerprint density at radius 2 is 1.85 bits per heavy atom. The quantitative estimate of drug-likeness (QED) is 0.443. The number of carbonyl (C=O) groups excluding carboxylic acids is 1. The van der Waals surface area contributed by atoms with Gasteiger partial charge in [0, 0.05) is 43.3 Å². The molecule has 1 N–H and O–H groups in total. The molecule has 0 unspecified atom stereocenters. The van der Waals surface area contributed by atoms with Crippen LogP contribution >= 0.6 is 0 Å². The van der Waals surface area contributed by atoms with Crippen molar-refractivity contribution < 1.29 is 14.3 Å². The average Bonchev–Trinajstić information content (AvgIpc) is 3.24. The molecule has 0 aliphatic carbocycles. The predicted molar refractivity (Wildman–Crippen MR) is 127 cm³/mol. The van der Waals surface area contributed by atoms with Crippen LogP contribution in [0.5, 0.6) is 11.5 Å². The van der Waals surface area contributed by atoms with Crippen LogP contribution in [0.4, 0.5) is 0 Å². The Bertz CT molecular complexity index is 1250. The summed E-state index contributed by atoms with van der Waals surface area (Å²) in [6.45, 7) is 2.27. The summed E-state index contributed by atoms with van der Waals surface area (Å²) in [5, 5.41) is 7.57. The Balaban J connectivity index is 1.42. The molecule has 1 amide bonds. The second kappa shape index (κ2) is 9.99. The van der Waals surface area contributed by atoms with E-state index in [0.717, 1.165) is 33.5 Å². The lowest BCUT2D eigenvalue weighted by atomic mass is 10.0. The number of methoxy groups -OCH3 is 1. The third kappa shape index (κ3) is 5.38. The fourth-order valence-electron chi connectivity index (χ4n) is 3.56. The van der Waals surface area contributed by atoms with Gasteiger partial charge in [0.25, 0.3) is 5.91 Å². The molecule has 0 spiro atoms. The molecule has 33 heavy (non-hydrogen) atoms. The van der Waals surface area contributed by atoms with Gasteiger partial charge in [0.05, 0.1) is 7.11 Å². The van der Waals surface area contributed by atoms with Crippen LogP contribution in [0.25, 0.3) is 22.4 Å². The molecule has 0 saturated carbocycles. The molecule has 0 bridgehead atoms. The minimum absolute atomic E-state index is 0.0917. The lowest BCUT2D eigenvalue weighted by molar-refractivity contribution is -0.123. The van der Waals surface area contributed by atoms with Crippen molar-refractivity contribution in [2.75, 3.05) is 13.7 Å². The minimum atomic E-state index is -0.210. The SMILES string of the molecule is COc1cc(C)ccc1OCC(=O)NCc1cccc(-c2nn(C)cc2-c2ccncc2)c1. The maximum Gasteiger partial charge on any atom is 0.258 e. The molecule has 2 heterocycles. The minimum Gasteiger partial charge on any atom is -0.493 e. The maximum absolute atomic E-state index is 12.4. The molecular weight excluding hydrogens is 416 g/mol. The number of benzene rings is 2. The first-order valence-electron chi connectivity index (χ1n) is 10.6. The number of amides is 1. The monoisotopic (exact) mass is 442 g/mol. The summed E-state index contributed by atoms with van der Waals surface area (Å²) in [5.74, 6) is 0.938. The van der Waals surface area contributed by atoms with Gasteiger partial charge in [-0.2, -0.15) is 5.10 Å². The Hall–Kier alpha value is -4.13. The predicted octanol–water partition coefficient (Wildman–Crippen LogP) is 4.16. The van der Waals surface area contributed by atoms with E-state index in [4.69, 9.17) is 9.47 Å². The summed E-state index contributed by atoms with van der Waals surface area (Å²) >= 11 is 0. The number of pyridine rings is 1. The van der Waals surface area contributed by atoms with Gasteiger partial charge in [-0.05, 0) is 53.9 Å².